The first-order chi connectivity index (χ1) is 12.0. The number of thiophene rings is 1. The van der Waals surface area contributed by atoms with E-state index in [1.54, 1.807) is 11.3 Å². The molecule has 1 N–H and O–H groups in total. The normalized spacial score (nSPS) is 15.2. The Hall–Kier alpha value is -2.28. The summed E-state index contributed by atoms with van der Waals surface area (Å²) in [5.74, 6) is -2.21. The van der Waals surface area contributed by atoms with Gasteiger partial charge in [-0.2, -0.15) is 0 Å². The summed E-state index contributed by atoms with van der Waals surface area (Å²) in [5.41, 5.74) is -0.137. The lowest BCUT2D eigenvalue weighted by molar-refractivity contribution is -0.126. The standard InChI is InChI=1S/C18H18F2N2O2S/c19-13-3-4-15(16(20)10-13)18(24)22-7-5-12(6-8-22)17(23)21-11-14-2-1-9-25-14/h1-4,9-10,12H,5-8,11H2,(H,21,23). The third kappa shape index (κ3) is 4.22. The van der Waals surface area contributed by atoms with Gasteiger partial charge in [-0.1, -0.05) is 6.07 Å². The number of nitrogens with one attached hydrogen (secondary N) is 1. The van der Waals surface area contributed by atoms with E-state index in [0.29, 0.717) is 38.5 Å². The molecule has 1 aliphatic rings. The van der Waals surface area contributed by atoms with Crippen molar-refractivity contribution in [3.05, 3.63) is 57.8 Å². The number of halogens is 2. The molecule has 1 aromatic carbocycles. The smallest absolute Gasteiger partial charge is 0.256 e. The van der Waals surface area contributed by atoms with E-state index in [1.807, 2.05) is 17.5 Å². The van der Waals surface area contributed by atoms with Gasteiger partial charge in [0, 0.05) is 30.0 Å². The highest BCUT2D eigenvalue weighted by molar-refractivity contribution is 7.09. The molecule has 25 heavy (non-hydrogen) atoms. The molecular weight excluding hydrogens is 346 g/mol. The summed E-state index contributed by atoms with van der Waals surface area (Å²) in [7, 11) is 0. The summed E-state index contributed by atoms with van der Waals surface area (Å²) in [6.45, 7) is 1.27. The van der Waals surface area contributed by atoms with Crippen LogP contribution in [0.4, 0.5) is 8.78 Å². The minimum atomic E-state index is -0.860. The molecule has 2 heterocycles. The first kappa shape index (κ1) is 17.5. The van der Waals surface area contributed by atoms with Crippen molar-refractivity contribution in [2.75, 3.05) is 13.1 Å². The second kappa shape index (κ2) is 7.74. The molecule has 3 rings (SSSR count). The second-order valence-electron chi connectivity index (χ2n) is 5.99. The molecule has 0 radical (unpaired) electrons. The van der Waals surface area contributed by atoms with Crippen molar-refractivity contribution in [1.29, 1.82) is 0 Å². The summed E-state index contributed by atoms with van der Waals surface area (Å²) in [4.78, 5) is 27.2. The van der Waals surface area contributed by atoms with Crippen LogP contribution in [0.15, 0.2) is 35.7 Å². The van der Waals surface area contributed by atoms with Crippen LogP contribution >= 0.6 is 11.3 Å². The van der Waals surface area contributed by atoms with Gasteiger partial charge < -0.3 is 10.2 Å². The highest BCUT2D eigenvalue weighted by Gasteiger charge is 2.28. The van der Waals surface area contributed by atoms with Crippen LogP contribution in [-0.4, -0.2) is 29.8 Å². The molecule has 1 aliphatic heterocycles. The number of hydrogen-bond donors (Lipinski definition) is 1. The summed E-state index contributed by atoms with van der Waals surface area (Å²) in [5, 5.41) is 4.87. The molecule has 1 saturated heterocycles. The fourth-order valence-corrected chi connectivity index (χ4v) is 3.55. The number of nitrogens with zero attached hydrogens (tertiary/aromatic N) is 1. The van der Waals surface area contributed by atoms with E-state index >= 15 is 0 Å². The average molecular weight is 364 g/mol. The molecule has 1 fully saturated rings. The van der Waals surface area contributed by atoms with Crippen LogP contribution in [0, 0.1) is 17.6 Å². The predicted molar refractivity (Wildman–Crippen MR) is 91.2 cm³/mol. The van der Waals surface area contributed by atoms with E-state index < -0.39 is 17.5 Å². The maximum absolute atomic E-state index is 13.7. The quantitative estimate of drug-likeness (QED) is 0.906. The molecule has 7 heteroatoms. The van der Waals surface area contributed by atoms with Crippen LogP contribution < -0.4 is 5.32 Å². The van der Waals surface area contributed by atoms with Crippen LogP contribution in [0.5, 0.6) is 0 Å². The Balaban J connectivity index is 1.52. The lowest BCUT2D eigenvalue weighted by atomic mass is 9.95. The molecule has 2 amide bonds. The molecule has 1 aromatic heterocycles. The maximum Gasteiger partial charge on any atom is 0.256 e. The molecule has 2 aromatic rings. The largest absolute Gasteiger partial charge is 0.351 e. The van der Waals surface area contributed by atoms with E-state index in [0.717, 1.165) is 17.0 Å². The third-order valence-electron chi connectivity index (χ3n) is 4.33. The van der Waals surface area contributed by atoms with Crippen molar-refractivity contribution in [2.24, 2.45) is 5.92 Å². The van der Waals surface area contributed by atoms with Gasteiger partial charge in [-0.05, 0) is 36.4 Å². The Morgan fingerprint density at radius 2 is 1.96 bits per heavy atom. The van der Waals surface area contributed by atoms with Gasteiger partial charge in [0.25, 0.3) is 5.91 Å². The molecule has 0 aliphatic carbocycles. The van der Waals surface area contributed by atoms with Crippen molar-refractivity contribution >= 4 is 23.2 Å². The molecule has 0 spiro atoms. The number of rotatable bonds is 4. The number of benzene rings is 1. The first-order valence-corrected chi connectivity index (χ1v) is 8.97. The van der Waals surface area contributed by atoms with E-state index in [2.05, 4.69) is 5.32 Å². The molecule has 0 bridgehead atoms. The number of carbonyl (C=O) groups is 2. The van der Waals surface area contributed by atoms with Gasteiger partial charge in [-0.3, -0.25) is 9.59 Å². The van der Waals surface area contributed by atoms with Gasteiger partial charge in [0.2, 0.25) is 5.91 Å². The number of hydrogen-bond acceptors (Lipinski definition) is 3. The van der Waals surface area contributed by atoms with Gasteiger partial charge in [0.15, 0.2) is 0 Å². The SMILES string of the molecule is O=C(NCc1cccs1)C1CCN(C(=O)c2ccc(F)cc2F)CC1. The minimum Gasteiger partial charge on any atom is -0.351 e. The van der Waals surface area contributed by atoms with Crippen LogP contribution in [-0.2, 0) is 11.3 Å². The monoisotopic (exact) mass is 364 g/mol. The van der Waals surface area contributed by atoms with E-state index in [4.69, 9.17) is 0 Å². The van der Waals surface area contributed by atoms with Gasteiger partial charge in [-0.15, -0.1) is 11.3 Å². The predicted octanol–water partition coefficient (Wildman–Crippen LogP) is 3.19. The molecule has 132 valence electrons. The molecular formula is C18H18F2N2O2S. The topological polar surface area (TPSA) is 49.4 Å². The van der Waals surface area contributed by atoms with Gasteiger partial charge in [0.05, 0.1) is 12.1 Å². The molecule has 0 atom stereocenters. The highest BCUT2D eigenvalue weighted by Crippen LogP contribution is 2.21. The number of likely N-dealkylation sites (tertiary alicyclic amines) is 1. The zero-order chi connectivity index (χ0) is 17.8. The Morgan fingerprint density at radius 3 is 2.60 bits per heavy atom. The van der Waals surface area contributed by atoms with Crippen LogP contribution in [0.1, 0.15) is 28.1 Å². The minimum absolute atomic E-state index is 0.0199. The number of carbonyl (C=O) groups excluding carboxylic acids is 2. The summed E-state index contributed by atoms with van der Waals surface area (Å²) >= 11 is 1.59. The van der Waals surface area contributed by atoms with Crippen molar-refractivity contribution in [3.63, 3.8) is 0 Å². The van der Waals surface area contributed by atoms with E-state index in [1.165, 1.54) is 4.90 Å². The van der Waals surface area contributed by atoms with Gasteiger partial charge in [-0.25, -0.2) is 8.78 Å². The lowest BCUT2D eigenvalue weighted by Gasteiger charge is -2.31. The van der Waals surface area contributed by atoms with Gasteiger partial charge >= 0.3 is 0 Å². The lowest BCUT2D eigenvalue weighted by Crippen LogP contribution is -2.43. The van der Waals surface area contributed by atoms with Crippen molar-refractivity contribution in [1.82, 2.24) is 10.2 Å². The second-order valence-corrected chi connectivity index (χ2v) is 7.02. The summed E-state index contributed by atoms with van der Waals surface area (Å²) < 4.78 is 26.7. The van der Waals surface area contributed by atoms with E-state index in [9.17, 15) is 18.4 Å². The van der Waals surface area contributed by atoms with Crippen molar-refractivity contribution < 1.29 is 18.4 Å². The van der Waals surface area contributed by atoms with Crippen molar-refractivity contribution in [2.45, 2.75) is 19.4 Å². The third-order valence-corrected chi connectivity index (χ3v) is 5.21. The molecule has 0 saturated carbocycles. The zero-order valence-corrected chi connectivity index (χ0v) is 14.3. The van der Waals surface area contributed by atoms with Crippen LogP contribution in [0.2, 0.25) is 0 Å². The van der Waals surface area contributed by atoms with Crippen LogP contribution in [0.3, 0.4) is 0 Å². The maximum atomic E-state index is 13.7. The summed E-state index contributed by atoms with van der Waals surface area (Å²) in [6.07, 6.45) is 1.07. The van der Waals surface area contributed by atoms with Crippen LogP contribution in [0.25, 0.3) is 0 Å². The summed E-state index contributed by atoms with van der Waals surface area (Å²) in [6, 6.07) is 6.83. The Morgan fingerprint density at radius 1 is 1.20 bits per heavy atom. The van der Waals surface area contributed by atoms with Gasteiger partial charge in [0.1, 0.15) is 11.6 Å². The molecule has 0 unspecified atom stereocenters. The Labute approximate surface area is 148 Å². The zero-order valence-electron chi connectivity index (χ0n) is 13.5. The molecule has 4 nitrogen and oxygen atoms in total. The first-order valence-electron chi connectivity index (χ1n) is 8.09. The Kier molecular flexibility index (Phi) is 5.43. The number of amides is 2. The number of piperidine rings is 1. The fraction of sp³-hybridized carbons (Fsp3) is 0.333. The fourth-order valence-electron chi connectivity index (χ4n) is 2.91. The highest BCUT2D eigenvalue weighted by atomic mass is 32.1. The van der Waals surface area contributed by atoms with Crippen molar-refractivity contribution in [3.8, 4) is 0 Å². The average Bonchev–Trinajstić information content (AvgIpc) is 3.13. The Bertz CT molecular complexity index is 756. The van der Waals surface area contributed by atoms with E-state index in [-0.39, 0.29) is 17.4 Å².